The summed E-state index contributed by atoms with van der Waals surface area (Å²) >= 11 is 0. The molecule has 0 aliphatic carbocycles. The number of halogens is 12. The average Bonchev–Trinajstić information content (AvgIpc) is 3.49. The molecule has 0 aliphatic rings. The average molecular weight is 793 g/mol. The van der Waals surface area contributed by atoms with Gasteiger partial charge in [0, 0.05) is 28.2 Å². The monoisotopic (exact) mass is 793 g/mol. The quantitative estimate of drug-likeness (QED) is 0.155. The van der Waals surface area contributed by atoms with Crippen molar-refractivity contribution >= 4 is 0 Å². The number of rotatable bonds is 4. The van der Waals surface area contributed by atoms with E-state index in [2.05, 4.69) is 9.97 Å². The van der Waals surface area contributed by atoms with Crippen molar-refractivity contribution in [1.82, 2.24) is 19.1 Å². The standard InChI is InChI=1S/C25H14F12N4.Pt/c1-21(2,15-5-3-7-17(38-15)40-11-9-13(22(26,27)28)19(40)24(32,33)34)16-6-4-8-18(39-16)41-12-10-14(23(29,30)31)20(41)25(35,36)37;/h3-10H,1-2H3;/q-2;+2. The number of aromatic nitrogens is 4. The summed E-state index contributed by atoms with van der Waals surface area (Å²) in [6, 6.07) is 7.14. The van der Waals surface area contributed by atoms with Crippen molar-refractivity contribution < 1.29 is 73.8 Å². The topological polar surface area (TPSA) is 35.6 Å². The molecular weight excluding hydrogens is 779 g/mol. The number of alkyl halides is 12. The van der Waals surface area contributed by atoms with Gasteiger partial charge in [-0.1, -0.05) is 36.7 Å². The fourth-order valence-corrected chi connectivity index (χ4v) is 4.04. The maximum Gasteiger partial charge on any atom is 2.00 e. The van der Waals surface area contributed by atoms with Crippen LogP contribution < -0.4 is 0 Å². The zero-order valence-electron chi connectivity index (χ0n) is 20.8. The van der Waals surface area contributed by atoms with Crippen LogP contribution in [0.15, 0.2) is 48.5 Å². The summed E-state index contributed by atoms with van der Waals surface area (Å²) in [5, 5.41) is 0. The fraction of sp³-hybridized carbons (Fsp3) is 0.280. The Kier molecular flexibility index (Phi) is 8.51. The smallest absolute Gasteiger partial charge is 0.425 e. The minimum absolute atomic E-state index is 0. The van der Waals surface area contributed by atoms with E-state index in [1.807, 2.05) is 12.4 Å². The van der Waals surface area contributed by atoms with Gasteiger partial charge in [-0.2, -0.15) is 52.7 Å². The van der Waals surface area contributed by atoms with E-state index < -0.39 is 64.3 Å². The van der Waals surface area contributed by atoms with Crippen molar-refractivity contribution in [2.45, 2.75) is 44.0 Å². The largest absolute Gasteiger partial charge is 2.00 e. The van der Waals surface area contributed by atoms with Gasteiger partial charge in [0.2, 0.25) is 0 Å². The third-order valence-electron chi connectivity index (χ3n) is 5.99. The van der Waals surface area contributed by atoms with Crippen LogP contribution >= 0.6 is 0 Å². The molecule has 228 valence electrons. The zero-order chi connectivity index (χ0) is 30.8. The van der Waals surface area contributed by atoms with E-state index in [0.717, 1.165) is 12.1 Å². The van der Waals surface area contributed by atoms with E-state index in [4.69, 9.17) is 0 Å². The summed E-state index contributed by atoms with van der Waals surface area (Å²) in [5.74, 6) is -1.22. The van der Waals surface area contributed by atoms with Crippen LogP contribution in [0.25, 0.3) is 11.6 Å². The van der Waals surface area contributed by atoms with E-state index >= 15 is 0 Å². The van der Waals surface area contributed by atoms with Crippen molar-refractivity contribution in [3.63, 3.8) is 0 Å². The van der Waals surface area contributed by atoms with Crippen molar-refractivity contribution in [1.29, 1.82) is 0 Å². The second-order valence-electron chi connectivity index (χ2n) is 9.12. The minimum atomic E-state index is -5.45. The molecular formula is C25H14F12N4Pt. The molecule has 4 aromatic rings. The maximum atomic E-state index is 13.6. The van der Waals surface area contributed by atoms with Gasteiger partial charge in [0.1, 0.15) is 0 Å². The fourth-order valence-electron chi connectivity index (χ4n) is 4.04. The Morgan fingerprint density at radius 2 is 0.881 bits per heavy atom. The molecule has 0 aliphatic heterocycles. The Labute approximate surface area is 243 Å². The first kappa shape index (κ1) is 33.2. The SMILES string of the molecule is CC(C)(c1cccc(-n2[c-]cc(C(F)(F)F)c2C(F)(F)F)n1)c1cccc(-n2[c-]cc(C(F)(F)F)c2C(F)(F)F)n1.[Pt+2]. The Morgan fingerprint density at radius 1 is 0.548 bits per heavy atom. The Hall–Kier alpha value is -3.29. The van der Waals surface area contributed by atoms with Gasteiger partial charge in [-0.25, -0.2) is 0 Å². The van der Waals surface area contributed by atoms with Crippen LogP contribution in [0.2, 0.25) is 0 Å². The molecule has 0 saturated heterocycles. The maximum absolute atomic E-state index is 13.6. The first-order valence-corrected chi connectivity index (χ1v) is 11.1. The van der Waals surface area contributed by atoms with Gasteiger partial charge in [0.25, 0.3) is 0 Å². The Balaban J connectivity index is 0.00000484. The minimum Gasteiger partial charge on any atom is -0.425 e. The van der Waals surface area contributed by atoms with Crippen LogP contribution in [0.4, 0.5) is 52.7 Å². The van der Waals surface area contributed by atoms with Crippen LogP contribution in [0.5, 0.6) is 0 Å². The van der Waals surface area contributed by atoms with Crippen LogP contribution in [0, 0.1) is 12.4 Å². The molecule has 0 amide bonds. The molecule has 42 heavy (non-hydrogen) atoms. The van der Waals surface area contributed by atoms with E-state index in [0.29, 0.717) is 0 Å². The molecule has 0 N–H and O–H groups in total. The Morgan fingerprint density at radius 3 is 1.17 bits per heavy atom. The number of pyridine rings is 2. The van der Waals surface area contributed by atoms with Gasteiger partial charge in [0.15, 0.2) is 0 Å². The summed E-state index contributed by atoms with van der Waals surface area (Å²) in [6.07, 6.45) is -17.9. The van der Waals surface area contributed by atoms with Crippen molar-refractivity contribution in [2.75, 3.05) is 0 Å². The van der Waals surface area contributed by atoms with Gasteiger partial charge < -0.3 is 9.13 Å². The van der Waals surface area contributed by atoms with E-state index in [1.165, 1.54) is 38.1 Å². The molecule has 0 bridgehead atoms. The van der Waals surface area contributed by atoms with E-state index in [1.54, 1.807) is 0 Å². The van der Waals surface area contributed by atoms with Crippen molar-refractivity contribution in [2.24, 2.45) is 0 Å². The molecule has 0 fully saturated rings. The third kappa shape index (κ3) is 6.23. The molecule has 4 heterocycles. The van der Waals surface area contributed by atoms with Gasteiger partial charge >= 0.3 is 45.8 Å². The molecule has 0 unspecified atom stereocenters. The first-order chi connectivity index (χ1) is 18.6. The molecule has 0 radical (unpaired) electrons. The first-order valence-electron chi connectivity index (χ1n) is 11.1. The molecule has 0 saturated carbocycles. The molecule has 0 atom stereocenters. The second-order valence-corrected chi connectivity index (χ2v) is 9.12. The predicted molar refractivity (Wildman–Crippen MR) is 117 cm³/mol. The molecule has 17 heteroatoms. The van der Waals surface area contributed by atoms with Gasteiger partial charge in [0.05, 0.1) is 11.6 Å². The Bertz CT molecular complexity index is 1460. The normalized spacial score (nSPS) is 13.3. The predicted octanol–water partition coefficient (Wildman–Crippen LogP) is 8.06. The molecule has 0 spiro atoms. The molecule has 4 nitrogen and oxygen atoms in total. The van der Waals surface area contributed by atoms with Crippen LogP contribution in [-0.4, -0.2) is 19.1 Å². The van der Waals surface area contributed by atoms with Crippen molar-refractivity contribution in [3.8, 4) is 11.6 Å². The summed E-state index contributed by atoms with van der Waals surface area (Å²) in [5.41, 5.74) is -9.71. The molecule has 0 aromatic carbocycles. The van der Waals surface area contributed by atoms with Gasteiger partial charge in [-0.3, -0.25) is 9.97 Å². The van der Waals surface area contributed by atoms with Crippen LogP contribution in [0.1, 0.15) is 47.8 Å². The summed E-state index contributed by atoms with van der Waals surface area (Å²) < 4.78 is 161. The van der Waals surface area contributed by atoms with Crippen LogP contribution in [0.3, 0.4) is 0 Å². The summed E-state index contributed by atoms with van der Waals surface area (Å²) in [6.45, 7) is 2.81. The van der Waals surface area contributed by atoms with E-state index in [-0.39, 0.29) is 53.7 Å². The van der Waals surface area contributed by atoms with Gasteiger partial charge in [-0.15, -0.1) is 12.1 Å². The summed E-state index contributed by atoms with van der Waals surface area (Å²) in [4.78, 5) is 8.07. The van der Waals surface area contributed by atoms with Crippen molar-refractivity contribution in [3.05, 3.63) is 94.8 Å². The van der Waals surface area contributed by atoms with Crippen LogP contribution in [-0.2, 0) is 51.2 Å². The second kappa shape index (κ2) is 10.8. The molecule has 4 aromatic heterocycles. The number of hydrogen-bond donors (Lipinski definition) is 0. The number of hydrogen-bond acceptors (Lipinski definition) is 2. The van der Waals surface area contributed by atoms with E-state index in [9.17, 15) is 52.7 Å². The number of nitrogens with zero attached hydrogens (tertiary/aromatic N) is 4. The summed E-state index contributed by atoms with van der Waals surface area (Å²) in [7, 11) is 0. The molecule has 4 rings (SSSR count). The zero-order valence-corrected chi connectivity index (χ0v) is 23.0. The third-order valence-corrected chi connectivity index (χ3v) is 5.99. The van der Waals surface area contributed by atoms with Gasteiger partial charge in [-0.05, 0) is 37.1 Å².